The lowest BCUT2D eigenvalue weighted by atomic mass is 9.95. The van der Waals surface area contributed by atoms with Crippen molar-refractivity contribution in [3.8, 4) is 6.01 Å². The molecule has 8 rings (SSSR count). The van der Waals surface area contributed by atoms with Crippen LogP contribution in [0.1, 0.15) is 62.3 Å². The molecular formula is C35H46N6O2. The number of nitrogens with zero attached hydrogens (tertiary/aromatic N) is 5. The highest BCUT2D eigenvalue weighted by atomic mass is 16.5. The van der Waals surface area contributed by atoms with Crippen LogP contribution in [0.3, 0.4) is 0 Å². The molecule has 0 radical (unpaired) electrons. The maximum Gasteiger partial charge on any atom is 0.318 e. The molecule has 8 nitrogen and oxygen atoms in total. The number of hydrogen-bond donors (Lipinski definition) is 1. The summed E-state index contributed by atoms with van der Waals surface area (Å²) in [6.07, 6.45) is 9.24. The molecule has 1 N–H and O–H groups in total. The average molecular weight is 583 g/mol. The number of aryl methyl sites for hydroxylation is 1. The molecule has 3 unspecified atom stereocenters. The number of rotatable bonds is 8. The third-order valence-electron chi connectivity index (χ3n) is 11.1. The van der Waals surface area contributed by atoms with Gasteiger partial charge in [0.05, 0.1) is 24.4 Å². The van der Waals surface area contributed by atoms with Crippen molar-refractivity contribution in [3.63, 3.8) is 0 Å². The Kier molecular flexibility index (Phi) is 7.19. The summed E-state index contributed by atoms with van der Waals surface area (Å²) in [4.78, 5) is 18.1. The van der Waals surface area contributed by atoms with E-state index in [4.69, 9.17) is 19.4 Å². The zero-order chi connectivity index (χ0) is 29.0. The summed E-state index contributed by atoms with van der Waals surface area (Å²) in [5.74, 6) is 1.12. The van der Waals surface area contributed by atoms with E-state index in [1.807, 2.05) is 7.11 Å². The fourth-order valence-corrected chi connectivity index (χ4v) is 9.03. The fraction of sp³-hybridized carbons (Fsp3) is 0.600. The zero-order valence-corrected chi connectivity index (χ0v) is 25.9. The van der Waals surface area contributed by atoms with Crippen LogP contribution in [0.2, 0.25) is 0 Å². The third-order valence-corrected chi connectivity index (χ3v) is 11.1. The number of piperazine rings is 1. The molecule has 43 heavy (non-hydrogen) atoms. The fourth-order valence-electron chi connectivity index (χ4n) is 9.03. The van der Waals surface area contributed by atoms with E-state index < -0.39 is 0 Å². The molecule has 8 heteroatoms. The first-order valence-corrected chi connectivity index (χ1v) is 16.7. The molecule has 1 aromatic heterocycles. The quantitative estimate of drug-likeness (QED) is 0.410. The molecule has 2 bridgehead atoms. The molecule has 2 aromatic carbocycles. The van der Waals surface area contributed by atoms with Crippen LogP contribution in [-0.4, -0.2) is 85.0 Å². The molecule has 0 spiro atoms. The van der Waals surface area contributed by atoms with Gasteiger partial charge < -0.3 is 24.6 Å². The van der Waals surface area contributed by atoms with Gasteiger partial charge in [-0.05, 0) is 74.9 Å². The van der Waals surface area contributed by atoms with Crippen LogP contribution in [0.15, 0.2) is 36.4 Å². The Morgan fingerprint density at radius 1 is 0.977 bits per heavy atom. The van der Waals surface area contributed by atoms with Crippen molar-refractivity contribution in [3.05, 3.63) is 53.2 Å². The Morgan fingerprint density at radius 3 is 2.63 bits per heavy atom. The molecule has 0 aliphatic carbocycles. The van der Waals surface area contributed by atoms with Crippen LogP contribution in [0.4, 0.5) is 11.5 Å². The predicted molar refractivity (Wildman–Crippen MR) is 171 cm³/mol. The van der Waals surface area contributed by atoms with Crippen molar-refractivity contribution >= 4 is 22.3 Å². The number of hydrogen-bond acceptors (Lipinski definition) is 8. The molecule has 0 amide bonds. The highest BCUT2D eigenvalue weighted by molar-refractivity contribution is 5.97. The van der Waals surface area contributed by atoms with Gasteiger partial charge in [0.1, 0.15) is 12.4 Å². The first-order chi connectivity index (χ1) is 21.1. The number of aromatic nitrogens is 2. The Balaban J connectivity index is 1.12. The van der Waals surface area contributed by atoms with Crippen molar-refractivity contribution in [2.45, 2.75) is 88.5 Å². The topological polar surface area (TPSA) is 66.0 Å². The van der Waals surface area contributed by atoms with E-state index >= 15 is 0 Å². The molecule has 228 valence electrons. The number of anilines is 2. The van der Waals surface area contributed by atoms with E-state index in [9.17, 15) is 0 Å². The molecule has 0 saturated carbocycles. The lowest BCUT2D eigenvalue weighted by Crippen LogP contribution is -2.52. The summed E-state index contributed by atoms with van der Waals surface area (Å²) in [6, 6.07) is 15.6. The second kappa shape index (κ2) is 11.2. The monoisotopic (exact) mass is 582 g/mol. The summed E-state index contributed by atoms with van der Waals surface area (Å²) < 4.78 is 12.2. The molecule has 5 aliphatic heterocycles. The molecule has 6 heterocycles. The largest absolute Gasteiger partial charge is 0.461 e. The Bertz CT molecular complexity index is 1480. The predicted octanol–water partition coefficient (Wildman–Crippen LogP) is 4.72. The number of benzene rings is 2. The van der Waals surface area contributed by atoms with Crippen LogP contribution >= 0.6 is 0 Å². The van der Waals surface area contributed by atoms with Crippen LogP contribution in [0, 0.1) is 0 Å². The minimum atomic E-state index is 0.0856. The van der Waals surface area contributed by atoms with E-state index in [1.54, 1.807) is 0 Å². The normalized spacial score (nSPS) is 28.5. The van der Waals surface area contributed by atoms with Crippen LogP contribution in [-0.2, 0) is 24.1 Å². The zero-order valence-electron chi connectivity index (χ0n) is 25.9. The van der Waals surface area contributed by atoms with E-state index in [0.717, 1.165) is 70.1 Å². The van der Waals surface area contributed by atoms with Gasteiger partial charge in [0.25, 0.3) is 0 Å². The minimum Gasteiger partial charge on any atom is -0.461 e. The Labute approximate surface area is 255 Å². The second-order valence-electron chi connectivity index (χ2n) is 13.6. The summed E-state index contributed by atoms with van der Waals surface area (Å²) in [6.45, 7) is 8.64. The summed E-state index contributed by atoms with van der Waals surface area (Å²) >= 11 is 0. The van der Waals surface area contributed by atoms with Crippen molar-refractivity contribution in [2.24, 2.45) is 0 Å². The number of fused-ring (bicyclic) bond motifs is 5. The van der Waals surface area contributed by atoms with E-state index in [-0.39, 0.29) is 5.54 Å². The number of methoxy groups -OCH3 is 1. The lowest BCUT2D eigenvalue weighted by Gasteiger charge is -2.38. The highest BCUT2D eigenvalue weighted by Gasteiger charge is 2.50. The van der Waals surface area contributed by atoms with Crippen molar-refractivity contribution in [1.29, 1.82) is 0 Å². The van der Waals surface area contributed by atoms with Crippen molar-refractivity contribution in [2.75, 3.05) is 56.3 Å². The summed E-state index contributed by atoms with van der Waals surface area (Å²) in [5.41, 5.74) is 5.27. The van der Waals surface area contributed by atoms with Gasteiger partial charge in [0.15, 0.2) is 0 Å². The second-order valence-corrected chi connectivity index (χ2v) is 13.6. The molecular weight excluding hydrogens is 536 g/mol. The first-order valence-electron chi connectivity index (χ1n) is 16.7. The molecule has 4 atom stereocenters. The maximum atomic E-state index is 6.67. The summed E-state index contributed by atoms with van der Waals surface area (Å²) in [5, 5.41) is 6.50. The standard InChI is InChI=1S/C35H46N6O2/c1-3-24-7-4-8-25-9-5-10-31(32(24)25)39-18-14-29-30(21-39)37-34(38-33(29)40-19-26-11-12-27(20-40)36-26)43-23-35-15-6-17-41(35)28(13-16-35)22-42-2/h4-5,7-10,26-28,36H,3,6,11-23H2,1-2H3/t26?,27?,28-,35?/m1/s1. The maximum absolute atomic E-state index is 6.67. The number of ether oxygens (including phenoxy) is 2. The van der Waals surface area contributed by atoms with Crippen LogP contribution in [0.25, 0.3) is 10.8 Å². The molecule has 4 saturated heterocycles. The van der Waals surface area contributed by atoms with Gasteiger partial charge in [0.2, 0.25) is 0 Å². The van der Waals surface area contributed by atoms with Gasteiger partial charge in [-0.1, -0.05) is 37.3 Å². The van der Waals surface area contributed by atoms with E-state index in [1.165, 1.54) is 59.7 Å². The Hall–Kier alpha value is -2.94. The molecule has 4 fully saturated rings. The highest BCUT2D eigenvalue weighted by Crippen LogP contribution is 2.43. The Morgan fingerprint density at radius 2 is 1.81 bits per heavy atom. The smallest absolute Gasteiger partial charge is 0.318 e. The van der Waals surface area contributed by atoms with Gasteiger partial charge in [-0.25, -0.2) is 0 Å². The van der Waals surface area contributed by atoms with Crippen molar-refractivity contribution < 1.29 is 9.47 Å². The lowest BCUT2D eigenvalue weighted by molar-refractivity contribution is 0.0519. The SMILES string of the molecule is CCc1cccc2cccc(N3CCc4c(nc(OCC56CCCN5[C@@H](COC)CC6)nc4N4CC5CCC(C4)N5)C3)c12. The molecule has 3 aromatic rings. The number of nitrogens with one attached hydrogen (secondary N) is 1. The first kappa shape index (κ1) is 27.6. The minimum absolute atomic E-state index is 0.0856. The van der Waals surface area contributed by atoms with Gasteiger partial charge in [-0.3, -0.25) is 4.90 Å². The summed E-state index contributed by atoms with van der Waals surface area (Å²) in [7, 11) is 1.82. The average Bonchev–Trinajstić information content (AvgIpc) is 3.72. The van der Waals surface area contributed by atoms with Gasteiger partial charge in [-0.15, -0.1) is 0 Å². The van der Waals surface area contributed by atoms with Crippen LogP contribution in [0.5, 0.6) is 6.01 Å². The third kappa shape index (κ3) is 4.86. The van der Waals surface area contributed by atoms with Gasteiger partial charge in [-0.2, -0.15) is 9.97 Å². The van der Waals surface area contributed by atoms with Gasteiger partial charge in [0, 0.05) is 61.5 Å². The van der Waals surface area contributed by atoms with E-state index in [0.29, 0.717) is 30.7 Å². The molecule has 5 aliphatic rings. The van der Waals surface area contributed by atoms with Gasteiger partial charge >= 0.3 is 6.01 Å². The van der Waals surface area contributed by atoms with Crippen molar-refractivity contribution in [1.82, 2.24) is 20.2 Å². The van der Waals surface area contributed by atoms with E-state index in [2.05, 4.69) is 63.3 Å². The van der Waals surface area contributed by atoms with Crippen LogP contribution < -0.4 is 19.9 Å².